The molecule has 0 saturated heterocycles. The first-order chi connectivity index (χ1) is 9.56. The minimum absolute atomic E-state index is 0.155. The van der Waals surface area contributed by atoms with E-state index in [1.54, 1.807) is 6.92 Å². The van der Waals surface area contributed by atoms with Crippen molar-refractivity contribution in [2.45, 2.75) is 13.3 Å². The first-order valence-electron chi connectivity index (χ1n) is 5.87. The third-order valence-corrected chi connectivity index (χ3v) is 3.46. The summed E-state index contributed by atoms with van der Waals surface area (Å²) in [6.45, 7) is 1.54. The summed E-state index contributed by atoms with van der Waals surface area (Å²) in [6, 6.07) is 6.91. The standard InChI is InChI=1S/C14H12F2N2OS/c1-9(12-5-4-10(15)7-13(12)16)17-18-14(19)8-11-3-2-6-20-11/h2-7H,8H2,1H3,(H,18,19)/b17-9+. The number of thiophene rings is 1. The van der Waals surface area contributed by atoms with E-state index in [2.05, 4.69) is 10.5 Å². The van der Waals surface area contributed by atoms with E-state index in [1.807, 2.05) is 17.5 Å². The number of hydrogen-bond acceptors (Lipinski definition) is 3. The second kappa shape index (κ2) is 6.38. The van der Waals surface area contributed by atoms with Crippen LogP contribution in [0.15, 0.2) is 40.8 Å². The van der Waals surface area contributed by atoms with Crippen molar-refractivity contribution in [3.8, 4) is 0 Å². The van der Waals surface area contributed by atoms with Crippen LogP contribution in [0.2, 0.25) is 0 Å². The summed E-state index contributed by atoms with van der Waals surface area (Å²) in [5.41, 5.74) is 2.79. The molecule has 1 aromatic carbocycles. The minimum atomic E-state index is -0.709. The quantitative estimate of drug-likeness (QED) is 0.683. The fraction of sp³-hybridized carbons (Fsp3) is 0.143. The number of carbonyl (C=O) groups is 1. The van der Waals surface area contributed by atoms with E-state index in [9.17, 15) is 13.6 Å². The van der Waals surface area contributed by atoms with Gasteiger partial charge in [0.2, 0.25) is 5.91 Å². The molecule has 0 saturated carbocycles. The molecule has 6 heteroatoms. The van der Waals surface area contributed by atoms with Gasteiger partial charge < -0.3 is 0 Å². The molecule has 0 fully saturated rings. The fourth-order valence-electron chi connectivity index (χ4n) is 1.60. The smallest absolute Gasteiger partial charge is 0.245 e. The Morgan fingerprint density at radius 1 is 1.35 bits per heavy atom. The van der Waals surface area contributed by atoms with Crippen LogP contribution in [0.25, 0.3) is 0 Å². The van der Waals surface area contributed by atoms with E-state index in [4.69, 9.17) is 0 Å². The Morgan fingerprint density at radius 3 is 2.80 bits per heavy atom. The summed E-state index contributed by atoms with van der Waals surface area (Å²) in [4.78, 5) is 12.5. The molecule has 1 heterocycles. The molecule has 0 bridgehead atoms. The van der Waals surface area contributed by atoms with E-state index in [0.717, 1.165) is 17.0 Å². The Morgan fingerprint density at radius 2 is 2.15 bits per heavy atom. The fourth-order valence-corrected chi connectivity index (χ4v) is 2.30. The molecule has 2 rings (SSSR count). The van der Waals surface area contributed by atoms with Gasteiger partial charge in [0.15, 0.2) is 0 Å². The van der Waals surface area contributed by atoms with E-state index < -0.39 is 11.6 Å². The van der Waals surface area contributed by atoms with Gasteiger partial charge in [-0.3, -0.25) is 4.79 Å². The Kier molecular flexibility index (Phi) is 4.57. The van der Waals surface area contributed by atoms with Crippen molar-refractivity contribution in [1.29, 1.82) is 0 Å². The maximum atomic E-state index is 13.5. The maximum Gasteiger partial charge on any atom is 0.245 e. The number of rotatable bonds is 4. The van der Waals surface area contributed by atoms with Crippen molar-refractivity contribution in [1.82, 2.24) is 5.43 Å². The lowest BCUT2D eigenvalue weighted by molar-refractivity contribution is -0.120. The second-order valence-corrected chi connectivity index (χ2v) is 5.14. The molecule has 2 aromatic rings. The molecular formula is C14H12F2N2OS. The van der Waals surface area contributed by atoms with Crippen molar-refractivity contribution in [2.75, 3.05) is 0 Å². The van der Waals surface area contributed by atoms with Crippen LogP contribution in [-0.4, -0.2) is 11.6 Å². The first-order valence-corrected chi connectivity index (χ1v) is 6.75. The summed E-state index contributed by atoms with van der Waals surface area (Å²) >= 11 is 1.47. The molecule has 0 radical (unpaired) electrons. The van der Waals surface area contributed by atoms with Gasteiger partial charge in [-0.1, -0.05) is 6.07 Å². The summed E-state index contributed by atoms with van der Waals surface area (Å²) < 4.78 is 26.3. The van der Waals surface area contributed by atoms with Gasteiger partial charge >= 0.3 is 0 Å². The van der Waals surface area contributed by atoms with Gasteiger partial charge in [-0.05, 0) is 30.5 Å². The van der Waals surface area contributed by atoms with E-state index >= 15 is 0 Å². The van der Waals surface area contributed by atoms with Crippen LogP contribution in [-0.2, 0) is 11.2 Å². The number of hydrazone groups is 1. The molecule has 1 N–H and O–H groups in total. The third kappa shape index (κ3) is 3.71. The molecule has 0 aliphatic heterocycles. The molecule has 20 heavy (non-hydrogen) atoms. The van der Waals surface area contributed by atoms with Crippen LogP contribution in [0.1, 0.15) is 17.4 Å². The van der Waals surface area contributed by atoms with Gasteiger partial charge in [0.1, 0.15) is 11.6 Å². The van der Waals surface area contributed by atoms with Crippen molar-refractivity contribution in [2.24, 2.45) is 5.10 Å². The Bertz CT molecular complexity index is 639. The monoisotopic (exact) mass is 294 g/mol. The average Bonchev–Trinajstić information content (AvgIpc) is 2.89. The molecule has 0 unspecified atom stereocenters. The van der Waals surface area contributed by atoms with E-state index in [0.29, 0.717) is 0 Å². The molecule has 1 aromatic heterocycles. The molecule has 104 valence electrons. The van der Waals surface area contributed by atoms with Crippen LogP contribution in [0.5, 0.6) is 0 Å². The van der Waals surface area contributed by atoms with Crippen LogP contribution in [0.4, 0.5) is 8.78 Å². The van der Waals surface area contributed by atoms with Crippen LogP contribution in [0, 0.1) is 11.6 Å². The highest BCUT2D eigenvalue weighted by Gasteiger charge is 2.08. The SMILES string of the molecule is C/C(=N\NC(=O)Cc1cccs1)c1ccc(F)cc1F. The number of amides is 1. The number of nitrogens with one attached hydrogen (secondary N) is 1. The molecule has 1 amide bonds. The lowest BCUT2D eigenvalue weighted by atomic mass is 10.1. The topological polar surface area (TPSA) is 41.5 Å². The zero-order valence-electron chi connectivity index (χ0n) is 10.7. The number of hydrogen-bond donors (Lipinski definition) is 1. The number of benzene rings is 1. The van der Waals surface area contributed by atoms with Gasteiger partial charge in [-0.2, -0.15) is 5.10 Å². The summed E-state index contributed by atoms with van der Waals surface area (Å²) in [5.74, 6) is -1.64. The molecule has 0 spiro atoms. The van der Waals surface area contributed by atoms with E-state index in [1.165, 1.54) is 17.4 Å². The highest BCUT2D eigenvalue weighted by atomic mass is 32.1. The van der Waals surface area contributed by atoms with E-state index in [-0.39, 0.29) is 23.6 Å². The first kappa shape index (κ1) is 14.3. The number of halogens is 2. The molecule has 0 aliphatic carbocycles. The molecular weight excluding hydrogens is 282 g/mol. The Labute approximate surface area is 118 Å². The lowest BCUT2D eigenvalue weighted by Gasteiger charge is -2.04. The van der Waals surface area contributed by atoms with Crippen LogP contribution < -0.4 is 5.43 Å². The van der Waals surface area contributed by atoms with Crippen molar-refractivity contribution in [3.05, 3.63) is 57.8 Å². The predicted octanol–water partition coefficient (Wildman–Crippen LogP) is 3.11. The van der Waals surface area contributed by atoms with Crippen molar-refractivity contribution in [3.63, 3.8) is 0 Å². The highest BCUT2D eigenvalue weighted by molar-refractivity contribution is 7.10. The van der Waals surface area contributed by atoms with Gasteiger partial charge in [-0.15, -0.1) is 11.3 Å². The largest absolute Gasteiger partial charge is 0.273 e. The van der Waals surface area contributed by atoms with Gasteiger partial charge in [-0.25, -0.2) is 14.2 Å². The molecule has 3 nitrogen and oxygen atoms in total. The summed E-state index contributed by atoms with van der Waals surface area (Å²) in [7, 11) is 0. The predicted molar refractivity (Wildman–Crippen MR) is 74.7 cm³/mol. The van der Waals surface area contributed by atoms with Crippen molar-refractivity contribution < 1.29 is 13.6 Å². The third-order valence-electron chi connectivity index (χ3n) is 2.58. The molecule has 0 atom stereocenters. The van der Waals surface area contributed by atoms with Gasteiger partial charge in [0.05, 0.1) is 12.1 Å². The number of carbonyl (C=O) groups excluding carboxylic acids is 1. The zero-order chi connectivity index (χ0) is 14.5. The van der Waals surface area contributed by atoms with Crippen LogP contribution in [0.3, 0.4) is 0 Å². The normalized spacial score (nSPS) is 11.4. The highest BCUT2D eigenvalue weighted by Crippen LogP contribution is 2.11. The Balaban J connectivity index is 2.01. The number of nitrogens with zero attached hydrogens (tertiary/aromatic N) is 1. The second-order valence-electron chi connectivity index (χ2n) is 4.11. The molecule has 0 aliphatic rings. The average molecular weight is 294 g/mol. The van der Waals surface area contributed by atoms with Crippen LogP contribution >= 0.6 is 11.3 Å². The van der Waals surface area contributed by atoms with Gasteiger partial charge in [0, 0.05) is 16.5 Å². The van der Waals surface area contributed by atoms with Gasteiger partial charge in [0.25, 0.3) is 0 Å². The maximum absolute atomic E-state index is 13.5. The lowest BCUT2D eigenvalue weighted by Crippen LogP contribution is -2.21. The summed E-state index contributed by atoms with van der Waals surface area (Å²) in [6.07, 6.45) is 0.223. The minimum Gasteiger partial charge on any atom is -0.273 e. The summed E-state index contributed by atoms with van der Waals surface area (Å²) in [5, 5.41) is 5.70. The zero-order valence-corrected chi connectivity index (χ0v) is 11.5. The Hall–Kier alpha value is -2.08. The van der Waals surface area contributed by atoms with Crippen molar-refractivity contribution >= 4 is 23.0 Å².